The molecule has 0 radical (unpaired) electrons. The third-order valence-electron chi connectivity index (χ3n) is 2.37. The summed E-state index contributed by atoms with van der Waals surface area (Å²) in [5, 5.41) is 3.85. The van der Waals surface area contributed by atoms with Gasteiger partial charge in [-0.05, 0) is 30.9 Å². The summed E-state index contributed by atoms with van der Waals surface area (Å²) in [7, 11) is 0. The number of hydrogen-bond donors (Lipinski definition) is 1. The summed E-state index contributed by atoms with van der Waals surface area (Å²) in [4.78, 5) is 12.5. The number of rotatable bonds is 5. The lowest BCUT2D eigenvalue weighted by Crippen LogP contribution is -2.11. The molecule has 0 aliphatic rings. The van der Waals surface area contributed by atoms with Gasteiger partial charge in [0.25, 0.3) is 0 Å². The van der Waals surface area contributed by atoms with E-state index in [9.17, 15) is 0 Å². The Morgan fingerprint density at radius 2 is 2.06 bits per heavy atom. The average molecular weight is 265 g/mol. The van der Waals surface area contributed by atoms with E-state index in [4.69, 9.17) is 10.3 Å². The molecule has 96 valence electrons. The highest BCUT2D eigenvalue weighted by Gasteiger charge is 2.16. The smallest absolute Gasteiger partial charge is 0.244 e. The van der Waals surface area contributed by atoms with Crippen LogP contribution in [0.1, 0.15) is 23.9 Å². The molecule has 0 fully saturated rings. The maximum absolute atomic E-state index is 5.95. The van der Waals surface area contributed by atoms with Crippen molar-refractivity contribution in [1.29, 1.82) is 0 Å². The van der Waals surface area contributed by atoms with Crippen LogP contribution in [-0.2, 0) is 0 Å². The summed E-state index contributed by atoms with van der Waals surface area (Å²) in [6.45, 7) is 1.92. The molecule has 0 aliphatic heterocycles. The van der Waals surface area contributed by atoms with Gasteiger partial charge in [-0.1, -0.05) is 5.16 Å². The summed E-state index contributed by atoms with van der Waals surface area (Å²) < 4.78 is 5.13. The minimum absolute atomic E-state index is 0.232. The van der Waals surface area contributed by atoms with E-state index in [1.165, 1.54) is 0 Å². The van der Waals surface area contributed by atoms with Crippen LogP contribution in [-0.4, -0.2) is 32.1 Å². The third kappa shape index (κ3) is 3.05. The monoisotopic (exact) mass is 265 g/mol. The summed E-state index contributed by atoms with van der Waals surface area (Å²) in [5.74, 6) is 2.22. The van der Waals surface area contributed by atoms with Gasteiger partial charge in [-0.15, -0.1) is 0 Å². The van der Waals surface area contributed by atoms with Crippen molar-refractivity contribution in [3.8, 4) is 11.6 Å². The average Bonchev–Trinajstić information content (AvgIpc) is 2.86. The maximum atomic E-state index is 5.95. The predicted octanol–water partition coefficient (Wildman–Crippen LogP) is 1.59. The fourth-order valence-electron chi connectivity index (χ4n) is 1.35. The number of aryl methyl sites for hydroxylation is 1. The quantitative estimate of drug-likeness (QED) is 0.877. The van der Waals surface area contributed by atoms with E-state index >= 15 is 0 Å². The first-order valence-corrected chi connectivity index (χ1v) is 6.97. The largest absolute Gasteiger partial charge is 0.337 e. The Hall–Kier alpha value is -1.47. The van der Waals surface area contributed by atoms with Crippen molar-refractivity contribution in [2.24, 2.45) is 5.73 Å². The van der Waals surface area contributed by atoms with Crippen LogP contribution in [0.15, 0.2) is 16.9 Å². The van der Waals surface area contributed by atoms with Crippen LogP contribution in [0.5, 0.6) is 0 Å². The van der Waals surface area contributed by atoms with Crippen LogP contribution in [0.3, 0.4) is 0 Å². The topological polar surface area (TPSA) is 90.7 Å². The van der Waals surface area contributed by atoms with Crippen LogP contribution < -0.4 is 5.73 Å². The number of aromatic nitrogens is 4. The molecule has 6 nitrogen and oxygen atoms in total. The zero-order chi connectivity index (χ0) is 13.0. The van der Waals surface area contributed by atoms with Crippen LogP contribution in [0.25, 0.3) is 11.6 Å². The first kappa shape index (κ1) is 13.0. The minimum Gasteiger partial charge on any atom is -0.337 e. The van der Waals surface area contributed by atoms with Crippen molar-refractivity contribution in [2.75, 3.05) is 12.0 Å². The summed E-state index contributed by atoms with van der Waals surface area (Å²) in [6.07, 6.45) is 6.27. The molecule has 2 aromatic heterocycles. The van der Waals surface area contributed by atoms with Gasteiger partial charge >= 0.3 is 0 Å². The van der Waals surface area contributed by atoms with E-state index in [1.54, 1.807) is 24.2 Å². The molecule has 2 rings (SSSR count). The van der Waals surface area contributed by atoms with E-state index in [-0.39, 0.29) is 6.04 Å². The number of hydrogen-bond acceptors (Lipinski definition) is 7. The highest BCUT2D eigenvalue weighted by Crippen LogP contribution is 2.17. The van der Waals surface area contributed by atoms with Crippen LogP contribution >= 0.6 is 11.8 Å². The van der Waals surface area contributed by atoms with Crippen molar-refractivity contribution in [1.82, 2.24) is 20.1 Å². The highest BCUT2D eigenvalue weighted by molar-refractivity contribution is 7.98. The fourth-order valence-corrected chi connectivity index (χ4v) is 1.84. The molecule has 1 unspecified atom stereocenters. The van der Waals surface area contributed by atoms with Crippen LogP contribution in [0, 0.1) is 6.92 Å². The molecule has 7 heteroatoms. The molecule has 2 N–H and O–H groups in total. The highest BCUT2D eigenvalue weighted by atomic mass is 32.2. The van der Waals surface area contributed by atoms with Gasteiger partial charge in [-0.25, -0.2) is 9.97 Å². The fraction of sp³-hybridized carbons (Fsp3) is 0.455. The summed E-state index contributed by atoms with van der Waals surface area (Å²) >= 11 is 1.73. The standard InChI is InChI=1S/C11H15N5OS/c1-7-5-13-9(14-6-7)10-15-11(17-16-10)8(12)3-4-18-2/h5-6,8H,3-4,12H2,1-2H3. The Morgan fingerprint density at radius 1 is 1.33 bits per heavy atom. The first-order chi connectivity index (χ1) is 8.70. The predicted molar refractivity (Wildman–Crippen MR) is 70.0 cm³/mol. The number of nitrogens with zero attached hydrogens (tertiary/aromatic N) is 4. The SMILES string of the molecule is CSCCC(N)c1nc(-c2ncc(C)cn2)no1. The van der Waals surface area contributed by atoms with E-state index in [2.05, 4.69) is 20.1 Å². The van der Waals surface area contributed by atoms with Crippen LogP contribution in [0.4, 0.5) is 0 Å². The molecular formula is C11H15N5OS. The van der Waals surface area contributed by atoms with Crippen molar-refractivity contribution in [3.05, 3.63) is 23.8 Å². The van der Waals surface area contributed by atoms with E-state index in [0.29, 0.717) is 17.5 Å². The second kappa shape index (κ2) is 5.92. The molecule has 0 bridgehead atoms. The van der Waals surface area contributed by atoms with Crippen molar-refractivity contribution < 1.29 is 4.52 Å². The molecule has 18 heavy (non-hydrogen) atoms. The molecule has 2 heterocycles. The van der Waals surface area contributed by atoms with Gasteiger partial charge in [0.1, 0.15) is 0 Å². The Balaban J connectivity index is 2.12. The van der Waals surface area contributed by atoms with Gasteiger partial charge in [-0.2, -0.15) is 16.7 Å². The van der Waals surface area contributed by atoms with Gasteiger partial charge in [0, 0.05) is 12.4 Å². The van der Waals surface area contributed by atoms with E-state index in [0.717, 1.165) is 17.7 Å². The molecule has 1 atom stereocenters. The number of nitrogens with two attached hydrogens (primary N) is 1. The van der Waals surface area contributed by atoms with Crippen molar-refractivity contribution in [2.45, 2.75) is 19.4 Å². The lowest BCUT2D eigenvalue weighted by atomic mass is 10.2. The van der Waals surface area contributed by atoms with Crippen molar-refractivity contribution in [3.63, 3.8) is 0 Å². The molecule has 0 spiro atoms. The molecule has 0 saturated carbocycles. The zero-order valence-electron chi connectivity index (χ0n) is 10.3. The van der Waals surface area contributed by atoms with Gasteiger partial charge < -0.3 is 10.3 Å². The second-order valence-electron chi connectivity index (χ2n) is 3.93. The molecule has 0 amide bonds. The van der Waals surface area contributed by atoms with Gasteiger partial charge in [-0.3, -0.25) is 0 Å². The van der Waals surface area contributed by atoms with Gasteiger partial charge in [0.2, 0.25) is 17.5 Å². The molecular weight excluding hydrogens is 250 g/mol. The van der Waals surface area contributed by atoms with Crippen molar-refractivity contribution >= 4 is 11.8 Å². The second-order valence-corrected chi connectivity index (χ2v) is 4.91. The molecule has 2 aromatic rings. The first-order valence-electron chi connectivity index (χ1n) is 5.58. The normalized spacial score (nSPS) is 12.6. The van der Waals surface area contributed by atoms with Crippen LogP contribution in [0.2, 0.25) is 0 Å². The summed E-state index contributed by atoms with van der Waals surface area (Å²) in [6, 6.07) is -0.232. The lowest BCUT2D eigenvalue weighted by molar-refractivity contribution is 0.353. The third-order valence-corrected chi connectivity index (χ3v) is 3.02. The lowest BCUT2D eigenvalue weighted by Gasteiger charge is -2.03. The Morgan fingerprint density at radius 3 is 2.72 bits per heavy atom. The Bertz CT molecular complexity index is 498. The van der Waals surface area contributed by atoms with Gasteiger partial charge in [0.05, 0.1) is 6.04 Å². The maximum Gasteiger partial charge on any atom is 0.244 e. The number of thioether (sulfide) groups is 1. The minimum atomic E-state index is -0.232. The molecule has 0 aliphatic carbocycles. The Kier molecular flexibility index (Phi) is 4.27. The van der Waals surface area contributed by atoms with E-state index in [1.807, 2.05) is 13.2 Å². The molecule has 0 saturated heterocycles. The Labute approximate surface area is 109 Å². The summed E-state index contributed by atoms with van der Waals surface area (Å²) in [5.41, 5.74) is 6.93. The van der Waals surface area contributed by atoms with E-state index < -0.39 is 0 Å². The molecule has 0 aromatic carbocycles. The zero-order valence-corrected chi connectivity index (χ0v) is 11.1. The van der Waals surface area contributed by atoms with Gasteiger partial charge in [0.15, 0.2) is 0 Å².